The molecule has 88 valence electrons. The van der Waals surface area contributed by atoms with Gasteiger partial charge in [-0.25, -0.2) is 9.97 Å². The molecule has 0 spiro atoms. The normalized spacial score (nSPS) is 14.9. The molecule has 2 aromatic heterocycles. The third-order valence-corrected chi connectivity index (χ3v) is 3.08. The molecule has 2 N–H and O–H groups in total. The molecule has 1 fully saturated rings. The smallest absolute Gasteiger partial charge is 0.135 e. The van der Waals surface area contributed by atoms with Gasteiger partial charge in [-0.15, -0.1) is 0 Å². The minimum atomic E-state index is 0.556. The molecule has 0 aliphatic heterocycles. The first-order valence-electron chi connectivity index (χ1n) is 5.58. The Bertz CT molecular complexity index is 507. The van der Waals surface area contributed by atoms with Gasteiger partial charge < -0.3 is 5.32 Å². The first kappa shape index (κ1) is 10.7. The summed E-state index contributed by atoms with van der Waals surface area (Å²) in [5.74, 6) is 2.34. The predicted octanol–water partition coefficient (Wildman–Crippen LogP) is 2.45. The number of aromatic amines is 1. The van der Waals surface area contributed by atoms with Gasteiger partial charge in [-0.1, -0.05) is 0 Å². The number of halogens is 1. The molecular formula is C11H12BrN5. The van der Waals surface area contributed by atoms with Gasteiger partial charge in [-0.05, 0) is 34.8 Å². The van der Waals surface area contributed by atoms with Gasteiger partial charge in [0.1, 0.15) is 16.2 Å². The molecule has 0 aromatic carbocycles. The molecule has 0 unspecified atom stereocenters. The Balaban J connectivity index is 1.73. The summed E-state index contributed by atoms with van der Waals surface area (Å²) in [6.07, 6.45) is 4.15. The minimum absolute atomic E-state index is 0.556. The Hall–Kier alpha value is -1.43. The van der Waals surface area contributed by atoms with Crippen LogP contribution in [-0.2, 0) is 6.54 Å². The van der Waals surface area contributed by atoms with Crippen LogP contribution in [0.1, 0.15) is 30.3 Å². The highest BCUT2D eigenvalue weighted by Gasteiger charge is 2.27. The van der Waals surface area contributed by atoms with E-state index in [9.17, 15) is 0 Å². The van der Waals surface area contributed by atoms with E-state index in [2.05, 4.69) is 41.4 Å². The van der Waals surface area contributed by atoms with Gasteiger partial charge in [-0.2, -0.15) is 5.10 Å². The summed E-state index contributed by atoms with van der Waals surface area (Å²) in [6, 6.07) is 3.83. The SMILES string of the molecule is Brc1cc(NCc2ccn[nH]2)nc(C2CC2)n1. The highest BCUT2D eigenvalue weighted by molar-refractivity contribution is 9.10. The molecule has 1 aliphatic rings. The van der Waals surface area contributed by atoms with Gasteiger partial charge >= 0.3 is 0 Å². The third-order valence-electron chi connectivity index (χ3n) is 2.67. The van der Waals surface area contributed by atoms with Crippen molar-refractivity contribution in [1.82, 2.24) is 20.2 Å². The number of anilines is 1. The van der Waals surface area contributed by atoms with E-state index < -0.39 is 0 Å². The van der Waals surface area contributed by atoms with E-state index in [4.69, 9.17) is 0 Å². The number of aromatic nitrogens is 4. The predicted molar refractivity (Wildman–Crippen MR) is 67.6 cm³/mol. The summed E-state index contributed by atoms with van der Waals surface area (Å²) in [6.45, 7) is 0.688. The van der Waals surface area contributed by atoms with Crippen LogP contribution in [0.3, 0.4) is 0 Å². The molecule has 0 atom stereocenters. The molecule has 6 heteroatoms. The number of rotatable bonds is 4. The number of H-pyrrole nitrogens is 1. The summed E-state index contributed by atoms with van der Waals surface area (Å²) < 4.78 is 0.835. The third kappa shape index (κ3) is 2.63. The van der Waals surface area contributed by atoms with Crippen LogP contribution >= 0.6 is 15.9 Å². The fraction of sp³-hybridized carbons (Fsp3) is 0.364. The van der Waals surface area contributed by atoms with E-state index in [0.717, 1.165) is 21.9 Å². The topological polar surface area (TPSA) is 66.5 Å². The van der Waals surface area contributed by atoms with Crippen LogP contribution in [0.4, 0.5) is 5.82 Å². The van der Waals surface area contributed by atoms with Gasteiger partial charge in [0.2, 0.25) is 0 Å². The van der Waals surface area contributed by atoms with Crippen LogP contribution in [0.2, 0.25) is 0 Å². The van der Waals surface area contributed by atoms with Crippen molar-refractivity contribution in [3.63, 3.8) is 0 Å². The van der Waals surface area contributed by atoms with Crippen LogP contribution in [0.25, 0.3) is 0 Å². The zero-order chi connectivity index (χ0) is 11.7. The van der Waals surface area contributed by atoms with Crippen LogP contribution in [0, 0.1) is 0 Å². The Morgan fingerprint density at radius 3 is 3.00 bits per heavy atom. The largest absolute Gasteiger partial charge is 0.364 e. The average Bonchev–Trinajstić information content (AvgIpc) is 3.04. The molecule has 1 saturated carbocycles. The van der Waals surface area contributed by atoms with Crippen molar-refractivity contribution in [2.45, 2.75) is 25.3 Å². The molecule has 5 nitrogen and oxygen atoms in total. The Labute approximate surface area is 107 Å². The van der Waals surface area contributed by atoms with Crippen molar-refractivity contribution in [3.8, 4) is 0 Å². The number of hydrogen-bond acceptors (Lipinski definition) is 4. The summed E-state index contributed by atoms with van der Waals surface area (Å²) in [7, 11) is 0. The lowest BCUT2D eigenvalue weighted by atomic mass is 10.4. The fourth-order valence-electron chi connectivity index (χ4n) is 1.62. The van der Waals surface area contributed by atoms with Crippen molar-refractivity contribution >= 4 is 21.7 Å². The second-order valence-corrected chi connectivity index (χ2v) is 4.96. The maximum Gasteiger partial charge on any atom is 0.135 e. The summed E-state index contributed by atoms with van der Waals surface area (Å²) >= 11 is 3.42. The standard InChI is InChI=1S/C11H12BrN5/c12-9-5-10(13-6-8-3-4-14-17-8)16-11(15-9)7-1-2-7/h3-5,7H,1-2,6H2,(H,14,17)(H,13,15,16). The summed E-state index contributed by atoms with van der Waals surface area (Å²) in [5.41, 5.74) is 1.03. The van der Waals surface area contributed by atoms with E-state index in [-0.39, 0.29) is 0 Å². The van der Waals surface area contributed by atoms with Gasteiger partial charge in [-0.3, -0.25) is 5.10 Å². The average molecular weight is 294 g/mol. The van der Waals surface area contributed by atoms with E-state index in [1.165, 1.54) is 12.8 Å². The Morgan fingerprint density at radius 1 is 1.41 bits per heavy atom. The molecular weight excluding hydrogens is 282 g/mol. The van der Waals surface area contributed by atoms with Crippen LogP contribution in [0.5, 0.6) is 0 Å². The monoisotopic (exact) mass is 293 g/mol. The van der Waals surface area contributed by atoms with E-state index >= 15 is 0 Å². The lowest BCUT2D eigenvalue weighted by molar-refractivity contribution is 0.903. The lowest BCUT2D eigenvalue weighted by Crippen LogP contribution is -2.04. The molecule has 17 heavy (non-hydrogen) atoms. The van der Waals surface area contributed by atoms with Crippen molar-refractivity contribution < 1.29 is 0 Å². The molecule has 0 bridgehead atoms. The zero-order valence-corrected chi connectivity index (χ0v) is 10.7. The first-order chi connectivity index (χ1) is 8.31. The van der Waals surface area contributed by atoms with E-state index in [1.54, 1.807) is 6.20 Å². The highest BCUT2D eigenvalue weighted by atomic mass is 79.9. The molecule has 0 radical (unpaired) electrons. The fourth-order valence-corrected chi connectivity index (χ4v) is 2.02. The molecule has 0 saturated heterocycles. The summed E-state index contributed by atoms with van der Waals surface area (Å²) in [4.78, 5) is 8.89. The van der Waals surface area contributed by atoms with Crippen LogP contribution in [-0.4, -0.2) is 20.2 Å². The van der Waals surface area contributed by atoms with Crippen molar-refractivity contribution in [2.75, 3.05) is 5.32 Å². The van der Waals surface area contributed by atoms with Crippen molar-refractivity contribution in [1.29, 1.82) is 0 Å². The second-order valence-electron chi connectivity index (χ2n) is 4.14. The minimum Gasteiger partial charge on any atom is -0.364 e. The summed E-state index contributed by atoms with van der Waals surface area (Å²) in [5, 5.41) is 10.1. The molecule has 2 aromatic rings. The quantitative estimate of drug-likeness (QED) is 0.850. The molecule has 0 amide bonds. The maximum absolute atomic E-state index is 4.51. The first-order valence-corrected chi connectivity index (χ1v) is 6.37. The van der Waals surface area contributed by atoms with E-state index in [0.29, 0.717) is 12.5 Å². The molecule has 2 heterocycles. The van der Waals surface area contributed by atoms with Crippen LogP contribution < -0.4 is 5.32 Å². The highest BCUT2D eigenvalue weighted by Crippen LogP contribution is 2.38. The Morgan fingerprint density at radius 2 is 2.29 bits per heavy atom. The Kier molecular flexibility index (Phi) is 2.80. The van der Waals surface area contributed by atoms with Gasteiger partial charge in [0.05, 0.1) is 12.2 Å². The van der Waals surface area contributed by atoms with Gasteiger partial charge in [0.15, 0.2) is 0 Å². The van der Waals surface area contributed by atoms with Crippen LogP contribution in [0.15, 0.2) is 22.9 Å². The maximum atomic E-state index is 4.51. The van der Waals surface area contributed by atoms with Gasteiger partial charge in [0, 0.05) is 18.2 Å². The second kappa shape index (κ2) is 4.44. The van der Waals surface area contributed by atoms with Crippen molar-refractivity contribution in [2.24, 2.45) is 0 Å². The number of nitrogens with one attached hydrogen (secondary N) is 2. The number of nitrogens with zero attached hydrogens (tertiary/aromatic N) is 3. The lowest BCUT2D eigenvalue weighted by Gasteiger charge is -2.06. The van der Waals surface area contributed by atoms with E-state index in [1.807, 2.05) is 12.1 Å². The molecule has 1 aliphatic carbocycles. The van der Waals surface area contributed by atoms with Crippen molar-refractivity contribution in [3.05, 3.63) is 34.5 Å². The van der Waals surface area contributed by atoms with Gasteiger partial charge in [0.25, 0.3) is 0 Å². The zero-order valence-electron chi connectivity index (χ0n) is 9.15. The number of hydrogen-bond donors (Lipinski definition) is 2. The molecule has 3 rings (SSSR count).